The van der Waals surface area contributed by atoms with E-state index in [1.807, 2.05) is 19.9 Å². The maximum Gasteiger partial charge on any atom is 0.132 e. The Morgan fingerprint density at radius 3 is 2.58 bits per heavy atom. The lowest BCUT2D eigenvalue weighted by molar-refractivity contribution is 0.640. The summed E-state index contributed by atoms with van der Waals surface area (Å²) in [5.74, 6) is -0.168. The van der Waals surface area contributed by atoms with Crippen LogP contribution in [0.5, 0.6) is 0 Å². The van der Waals surface area contributed by atoms with Crippen LogP contribution in [0.25, 0.3) is 10.9 Å². The smallest absolute Gasteiger partial charge is 0.132 e. The van der Waals surface area contributed by atoms with E-state index in [4.69, 9.17) is 0 Å². The Kier molecular flexibility index (Phi) is 2.86. The number of hydrogen-bond acceptors (Lipinski definition) is 0. The van der Waals surface area contributed by atoms with Gasteiger partial charge in [0.2, 0.25) is 0 Å². The van der Waals surface area contributed by atoms with Crippen molar-refractivity contribution in [3.8, 4) is 0 Å². The van der Waals surface area contributed by atoms with Crippen molar-refractivity contribution in [3.63, 3.8) is 0 Å². The van der Waals surface area contributed by atoms with Crippen LogP contribution in [0.2, 0.25) is 0 Å². The highest BCUT2D eigenvalue weighted by Crippen LogP contribution is 2.14. The van der Waals surface area contributed by atoms with Crippen molar-refractivity contribution in [1.82, 2.24) is 4.98 Å². The fourth-order valence-electron chi connectivity index (χ4n) is 1.05. The maximum absolute atomic E-state index is 12.8. The molecule has 0 aliphatic carbocycles. The first-order valence-corrected chi connectivity index (χ1v) is 4.09. The zero-order valence-corrected chi connectivity index (χ0v) is 7.26. The highest BCUT2D eigenvalue weighted by molar-refractivity contribution is 5.79. The van der Waals surface area contributed by atoms with Crippen LogP contribution in [-0.4, -0.2) is 4.98 Å². The zero-order chi connectivity index (χ0) is 8.97. The van der Waals surface area contributed by atoms with Crippen molar-refractivity contribution >= 4 is 10.9 Å². The van der Waals surface area contributed by atoms with Gasteiger partial charge in [-0.2, -0.15) is 0 Å². The molecule has 0 saturated carbocycles. The molecule has 1 aromatic carbocycles. The van der Waals surface area contributed by atoms with Gasteiger partial charge in [-0.05, 0) is 18.2 Å². The third-order valence-electron chi connectivity index (χ3n) is 1.54. The van der Waals surface area contributed by atoms with Gasteiger partial charge in [0.05, 0.1) is 0 Å². The molecular formula is C10H12FN. The van der Waals surface area contributed by atoms with Gasteiger partial charge in [-0.15, -0.1) is 0 Å². The fourth-order valence-corrected chi connectivity index (χ4v) is 1.05. The summed E-state index contributed by atoms with van der Waals surface area (Å²) in [6.45, 7) is 4.00. The third-order valence-corrected chi connectivity index (χ3v) is 1.54. The predicted octanol–water partition coefficient (Wildman–Crippen LogP) is 3.33. The molecule has 2 heteroatoms. The number of halogens is 1. The van der Waals surface area contributed by atoms with Crippen molar-refractivity contribution < 1.29 is 4.39 Å². The molecule has 1 nitrogen and oxygen atoms in total. The van der Waals surface area contributed by atoms with Crippen LogP contribution in [0, 0.1) is 5.82 Å². The Labute approximate surface area is 71.2 Å². The Morgan fingerprint density at radius 1 is 1.17 bits per heavy atom. The number of fused-ring (bicyclic) bond motifs is 1. The minimum atomic E-state index is -0.168. The molecule has 12 heavy (non-hydrogen) atoms. The highest BCUT2D eigenvalue weighted by atomic mass is 19.1. The van der Waals surface area contributed by atoms with Crippen LogP contribution >= 0.6 is 0 Å². The van der Waals surface area contributed by atoms with E-state index < -0.39 is 0 Å². The molecular weight excluding hydrogens is 153 g/mol. The quantitative estimate of drug-likeness (QED) is 0.616. The molecule has 2 aromatic rings. The van der Waals surface area contributed by atoms with Crippen molar-refractivity contribution in [3.05, 3.63) is 36.3 Å². The summed E-state index contributed by atoms with van der Waals surface area (Å²) in [5.41, 5.74) is 0.847. The second kappa shape index (κ2) is 3.90. The van der Waals surface area contributed by atoms with Crippen LogP contribution in [0.3, 0.4) is 0 Å². The summed E-state index contributed by atoms with van der Waals surface area (Å²) >= 11 is 0. The number of rotatable bonds is 0. The summed E-state index contributed by atoms with van der Waals surface area (Å²) in [7, 11) is 0. The van der Waals surface area contributed by atoms with E-state index >= 15 is 0 Å². The van der Waals surface area contributed by atoms with E-state index in [-0.39, 0.29) is 5.82 Å². The average molecular weight is 165 g/mol. The second-order valence-electron chi connectivity index (χ2n) is 2.18. The molecule has 0 unspecified atom stereocenters. The first-order valence-electron chi connectivity index (χ1n) is 4.09. The van der Waals surface area contributed by atoms with Gasteiger partial charge in [0, 0.05) is 17.1 Å². The van der Waals surface area contributed by atoms with Gasteiger partial charge in [-0.25, -0.2) is 4.39 Å². The van der Waals surface area contributed by atoms with Crippen LogP contribution in [0.15, 0.2) is 30.5 Å². The van der Waals surface area contributed by atoms with Gasteiger partial charge in [0.1, 0.15) is 5.82 Å². The lowest BCUT2D eigenvalue weighted by Gasteiger charge is -1.88. The number of hydrogen-bond donors (Lipinski definition) is 1. The Hall–Kier alpha value is -1.31. The van der Waals surface area contributed by atoms with Crippen LogP contribution < -0.4 is 0 Å². The Morgan fingerprint density at radius 2 is 1.92 bits per heavy atom. The van der Waals surface area contributed by atoms with Crippen molar-refractivity contribution in [1.29, 1.82) is 0 Å². The minimum Gasteiger partial charge on any atom is -0.361 e. The number of benzene rings is 1. The standard InChI is InChI=1S/C8H6FN.C2H6/c9-7-2-1-3-8-6(7)4-5-10-8;1-2/h1-5,10H;1-2H3. The Balaban J connectivity index is 0.000000336. The number of aromatic nitrogens is 1. The molecule has 64 valence electrons. The summed E-state index contributed by atoms with van der Waals surface area (Å²) in [6.07, 6.45) is 1.73. The van der Waals surface area contributed by atoms with E-state index in [0.29, 0.717) is 5.39 Å². The summed E-state index contributed by atoms with van der Waals surface area (Å²) in [6, 6.07) is 6.72. The second-order valence-corrected chi connectivity index (χ2v) is 2.18. The molecule has 0 fully saturated rings. The number of nitrogens with one attached hydrogen (secondary N) is 1. The molecule has 0 amide bonds. The topological polar surface area (TPSA) is 15.8 Å². The maximum atomic E-state index is 12.8. The van der Waals surface area contributed by atoms with Crippen LogP contribution in [0.4, 0.5) is 4.39 Å². The van der Waals surface area contributed by atoms with Gasteiger partial charge in [0.25, 0.3) is 0 Å². The van der Waals surface area contributed by atoms with Crippen molar-refractivity contribution in [2.24, 2.45) is 0 Å². The van der Waals surface area contributed by atoms with E-state index in [1.165, 1.54) is 6.07 Å². The summed E-state index contributed by atoms with van der Waals surface area (Å²) in [4.78, 5) is 2.92. The Bertz CT molecular complexity index is 351. The van der Waals surface area contributed by atoms with Crippen LogP contribution in [0.1, 0.15) is 13.8 Å². The fraction of sp³-hybridized carbons (Fsp3) is 0.200. The van der Waals surface area contributed by atoms with Crippen molar-refractivity contribution in [2.75, 3.05) is 0 Å². The lowest BCUT2D eigenvalue weighted by atomic mass is 10.2. The van der Waals surface area contributed by atoms with E-state index in [0.717, 1.165) is 5.52 Å². The van der Waals surface area contributed by atoms with Gasteiger partial charge in [-0.3, -0.25) is 0 Å². The van der Waals surface area contributed by atoms with E-state index in [1.54, 1.807) is 18.3 Å². The molecule has 0 bridgehead atoms. The molecule has 1 aromatic heterocycles. The van der Waals surface area contributed by atoms with E-state index in [9.17, 15) is 4.39 Å². The molecule has 2 rings (SSSR count). The molecule has 0 spiro atoms. The zero-order valence-electron chi connectivity index (χ0n) is 7.26. The van der Waals surface area contributed by atoms with Gasteiger partial charge in [-0.1, -0.05) is 19.9 Å². The van der Waals surface area contributed by atoms with Crippen molar-refractivity contribution in [2.45, 2.75) is 13.8 Å². The third kappa shape index (κ3) is 1.47. The number of aromatic amines is 1. The molecule has 0 aliphatic rings. The lowest BCUT2D eigenvalue weighted by Crippen LogP contribution is -1.72. The monoisotopic (exact) mass is 165 g/mol. The van der Waals surface area contributed by atoms with Gasteiger partial charge < -0.3 is 4.98 Å². The first-order chi connectivity index (χ1) is 5.88. The molecule has 0 atom stereocenters. The van der Waals surface area contributed by atoms with Gasteiger partial charge >= 0.3 is 0 Å². The van der Waals surface area contributed by atoms with Gasteiger partial charge in [0.15, 0.2) is 0 Å². The highest BCUT2D eigenvalue weighted by Gasteiger charge is 1.97. The molecule has 0 aliphatic heterocycles. The minimum absolute atomic E-state index is 0.168. The molecule has 0 saturated heterocycles. The first kappa shape index (κ1) is 8.78. The summed E-state index contributed by atoms with van der Waals surface area (Å²) < 4.78 is 12.8. The number of H-pyrrole nitrogens is 1. The van der Waals surface area contributed by atoms with E-state index in [2.05, 4.69) is 4.98 Å². The summed E-state index contributed by atoms with van der Waals surface area (Å²) in [5, 5.41) is 0.655. The predicted molar refractivity (Wildman–Crippen MR) is 49.6 cm³/mol. The SMILES string of the molecule is CC.Fc1cccc2[nH]ccc12. The molecule has 1 N–H and O–H groups in total. The molecule has 0 radical (unpaired) electrons. The normalized spacial score (nSPS) is 9.25. The van der Waals surface area contributed by atoms with Crippen LogP contribution in [-0.2, 0) is 0 Å². The average Bonchev–Trinajstić information content (AvgIpc) is 2.57. The largest absolute Gasteiger partial charge is 0.361 e. The molecule has 1 heterocycles.